The van der Waals surface area contributed by atoms with Gasteiger partial charge < -0.3 is 15.8 Å². The van der Waals surface area contributed by atoms with E-state index < -0.39 is 0 Å². The molecule has 0 saturated heterocycles. The van der Waals surface area contributed by atoms with Crippen LogP contribution in [-0.4, -0.2) is 13.0 Å². The smallest absolute Gasteiger partial charge is 0.254 e. The Labute approximate surface area is 134 Å². The first-order valence-electron chi connectivity index (χ1n) is 7.50. The Balaban J connectivity index is 1.70. The van der Waals surface area contributed by atoms with Crippen molar-refractivity contribution in [1.29, 1.82) is 0 Å². The maximum absolute atomic E-state index is 12.5. The van der Waals surface area contributed by atoms with Gasteiger partial charge in [-0.15, -0.1) is 11.3 Å². The number of carbonyl (C=O) groups excluding carboxylic acids is 1. The molecule has 4 nitrogen and oxygen atoms in total. The van der Waals surface area contributed by atoms with E-state index in [2.05, 4.69) is 5.32 Å². The molecule has 0 radical (unpaired) electrons. The molecule has 1 aromatic heterocycles. The first kappa shape index (κ1) is 14.9. The number of hydrogen-bond acceptors (Lipinski definition) is 4. The number of nitrogen functional groups attached to an aromatic ring is 1. The average molecular weight is 316 g/mol. The number of aryl methyl sites for hydroxylation is 1. The lowest BCUT2D eigenvalue weighted by Crippen LogP contribution is -2.24. The number of thiophene rings is 1. The lowest BCUT2D eigenvalue weighted by molar-refractivity contribution is 0.0951. The molecule has 1 aliphatic rings. The van der Waals surface area contributed by atoms with Crippen LogP contribution >= 0.6 is 11.3 Å². The largest absolute Gasteiger partial charge is 0.497 e. The fourth-order valence-electron chi connectivity index (χ4n) is 2.85. The van der Waals surface area contributed by atoms with Crippen molar-refractivity contribution in [3.8, 4) is 5.75 Å². The topological polar surface area (TPSA) is 64.3 Å². The molecule has 2 aromatic rings. The highest BCUT2D eigenvalue weighted by Crippen LogP contribution is 2.36. The molecule has 0 spiro atoms. The summed E-state index contributed by atoms with van der Waals surface area (Å²) in [6, 6.07) is 7.68. The third-order valence-corrected chi connectivity index (χ3v) is 5.16. The zero-order chi connectivity index (χ0) is 15.5. The maximum Gasteiger partial charge on any atom is 0.254 e. The Kier molecular flexibility index (Phi) is 4.34. The van der Waals surface area contributed by atoms with Crippen molar-refractivity contribution >= 4 is 22.2 Å². The van der Waals surface area contributed by atoms with Gasteiger partial charge in [0.15, 0.2) is 0 Å². The van der Waals surface area contributed by atoms with Crippen LogP contribution < -0.4 is 15.8 Å². The molecule has 3 rings (SSSR count). The molecule has 0 fully saturated rings. The van der Waals surface area contributed by atoms with Crippen LogP contribution in [0.2, 0.25) is 0 Å². The second-order valence-corrected chi connectivity index (χ2v) is 6.62. The molecule has 0 aliphatic heterocycles. The average Bonchev–Trinajstić information content (AvgIpc) is 2.89. The molecular weight excluding hydrogens is 296 g/mol. The van der Waals surface area contributed by atoms with Crippen LogP contribution in [0.25, 0.3) is 0 Å². The molecule has 0 bridgehead atoms. The Morgan fingerprint density at radius 2 is 2.00 bits per heavy atom. The molecular formula is C17H20N2O2S. The summed E-state index contributed by atoms with van der Waals surface area (Å²) in [5, 5.41) is 3.63. The van der Waals surface area contributed by atoms with Gasteiger partial charge in [0, 0.05) is 11.4 Å². The first-order valence-corrected chi connectivity index (χ1v) is 8.32. The highest BCUT2D eigenvalue weighted by molar-refractivity contribution is 7.16. The van der Waals surface area contributed by atoms with Crippen molar-refractivity contribution in [3.05, 3.63) is 45.8 Å². The normalized spacial score (nSPS) is 13.5. The molecule has 0 saturated carbocycles. The molecule has 1 aromatic carbocycles. The van der Waals surface area contributed by atoms with Crippen LogP contribution in [-0.2, 0) is 19.4 Å². The second kappa shape index (κ2) is 6.40. The molecule has 3 N–H and O–H groups in total. The van der Waals surface area contributed by atoms with Crippen molar-refractivity contribution in [1.82, 2.24) is 5.32 Å². The van der Waals surface area contributed by atoms with Crippen LogP contribution in [0.1, 0.15) is 39.2 Å². The number of carbonyl (C=O) groups is 1. The number of ether oxygens (including phenoxy) is 1. The summed E-state index contributed by atoms with van der Waals surface area (Å²) in [7, 11) is 1.64. The minimum atomic E-state index is -0.0623. The van der Waals surface area contributed by atoms with E-state index in [1.165, 1.54) is 16.9 Å². The van der Waals surface area contributed by atoms with Crippen LogP contribution in [0.15, 0.2) is 24.3 Å². The number of hydrogen-bond donors (Lipinski definition) is 2. The van der Waals surface area contributed by atoms with Gasteiger partial charge in [-0.1, -0.05) is 12.1 Å². The number of anilines is 1. The minimum absolute atomic E-state index is 0.0623. The monoisotopic (exact) mass is 316 g/mol. The maximum atomic E-state index is 12.5. The van der Waals surface area contributed by atoms with Crippen LogP contribution in [0, 0.1) is 0 Å². The molecule has 0 unspecified atom stereocenters. The first-order chi connectivity index (χ1) is 10.7. The van der Waals surface area contributed by atoms with E-state index in [0.29, 0.717) is 17.1 Å². The van der Waals surface area contributed by atoms with Gasteiger partial charge in [-0.25, -0.2) is 0 Å². The highest BCUT2D eigenvalue weighted by Gasteiger charge is 2.23. The summed E-state index contributed by atoms with van der Waals surface area (Å²) in [6.07, 6.45) is 4.35. The summed E-state index contributed by atoms with van der Waals surface area (Å²) >= 11 is 1.57. The number of amides is 1. The third kappa shape index (κ3) is 2.95. The molecule has 1 amide bonds. The highest BCUT2D eigenvalue weighted by atomic mass is 32.1. The van der Waals surface area contributed by atoms with E-state index >= 15 is 0 Å². The summed E-state index contributed by atoms with van der Waals surface area (Å²) in [6.45, 7) is 0.493. The van der Waals surface area contributed by atoms with Crippen molar-refractivity contribution in [2.24, 2.45) is 0 Å². The molecule has 1 heterocycles. The van der Waals surface area contributed by atoms with E-state index in [0.717, 1.165) is 30.6 Å². The van der Waals surface area contributed by atoms with E-state index in [4.69, 9.17) is 10.5 Å². The van der Waals surface area contributed by atoms with Gasteiger partial charge in [0.2, 0.25) is 0 Å². The predicted molar refractivity (Wildman–Crippen MR) is 89.5 cm³/mol. The third-order valence-electron chi connectivity index (χ3n) is 4.04. The van der Waals surface area contributed by atoms with E-state index in [1.807, 2.05) is 24.3 Å². The van der Waals surface area contributed by atoms with Gasteiger partial charge >= 0.3 is 0 Å². The number of benzene rings is 1. The minimum Gasteiger partial charge on any atom is -0.497 e. The second-order valence-electron chi connectivity index (χ2n) is 5.48. The Bertz CT molecular complexity index is 677. The van der Waals surface area contributed by atoms with Gasteiger partial charge in [-0.3, -0.25) is 4.79 Å². The number of methoxy groups -OCH3 is 1. The summed E-state index contributed by atoms with van der Waals surface area (Å²) in [5.41, 5.74) is 8.98. The molecule has 116 valence electrons. The summed E-state index contributed by atoms with van der Waals surface area (Å²) in [4.78, 5) is 13.8. The van der Waals surface area contributed by atoms with E-state index in [-0.39, 0.29) is 5.91 Å². The number of nitrogens with two attached hydrogens (primary N) is 1. The van der Waals surface area contributed by atoms with Crippen LogP contribution in [0.4, 0.5) is 5.00 Å². The summed E-state index contributed by atoms with van der Waals surface area (Å²) < 4.78 is 5.13. The molecule has 1 aliphatic carbocycles. The number of nitrogens with one attached hydrogen (secondary N) is 1. The zero-order valence-electron chi connectivity index (χ0n) is 12.6. The molecule has 22 heavy (non-hydrogen) atoms. The SMILES string of the molecule is COc1ccc(CNC(=O)c2c(N)sc3c2CCCC3)cc1. The van der Waals surface area contributed by atoms with Crippen molar-refractivity contribution < 1.29 is 9.53 Å². The van der Waals surface area contributed by atoms with Gasteiger partial charge in [-0.2, -0.15) is 0 Å². The standard InChI is InChI=1S/C17H20N2O2S/c1-21-12-8-6-11(7-9-12)10-19-17(20)15-13-4-2-3-5-14(13)22-16(15)18/h6-9H,2-5,10,18H2,1H3,(H,19,20). The lowest BCUT2D eigenvalue weighted by atomic mass is 9.95. The fourth-order valence-corrected chi connectivity index (χ4v) is 4.01. The van der Waals surface area contributed by atoms with E-state index in [9.17, 15) is 4.79 Å². The van der Waals surface area contributed by atoms with Crippen LogP contribution in [0.3, 0.4) is 0 Å². The summed E-state index contributed by atoms with van der Waals surface area (Å²) in [5.74, 6) is 0.749. The van der Waals surface area contributed by atoms with Gasteiger partial charge in [0.1, 0.15) is 5.75 Å². The lowest BCUT2D eigenvalue weighted by Gasteiger charge is -2.13. The van der Waals surface area contributed by atoms with Crippen molar-refractivity contribution in [2.45, 2.75) is 32.2 Å². The molecule has 5 heteroatoms. The van der Waals surface area contributed by atoms with Crippen LogP contribution in [0.5, 0.6) is 5.75 Å². The number of fused-ring (bicyclic) bond motifs is 1. The quantitative estimate of drug-likeness (QED) is 0.911. The predicted octanol–water partition coefficient (Wildman–Crippen LogP) is 3.15. The van der Waals surface area contributed by atoms with Gasteiger partial charge in [0.05, 0.1) is 17.7 Å². The molecule has 0 atom stereocenters. The Morgan fingerprint density at radius 1 is 1.27 bits per heavy atom. The van der Waals surface area contributed by atoms with E-state index in [1.54, 1.807) is 18.4 Å². The van der Waals surface area contributed by atoms with Gasteiger partial charge in [0.25, 0.3) is 5.91 Å². The number of rotatable bonds is 4. The van der Waals surface area contributed by atoms with Gasteiger partial charge in [-0.05, 0) is 48.9 Å². The zero-order valence-corrected chi connectivity index (χ0v) is 13.5. The van der Waals surface area contributed by atoms with Crippen molar-refractivity contribution in [2.75, 3.05) is 12.8 Å². The fraction of sp³-hybridized carbons (Fsp3) is 0.353. The van der Waals surface area contributed by atoms with Crippen molar-refractivity contribution in [3.63, 3.8) is 0 Å². The Morgan fingerprint density at radius 3 is 2.73 bits per heavy atom. The Hall–Kier alpha value is -2.01.